The first-order chi connectivity index (χ1) is 12.3. The van der Waals surface area contributed by atoms with Gasteiger partial charge in [-0.3, -0.25) is 14.4 Å². The fourth-order valence-electron chi connectivity index (χ4n) is 2.34. The van der Waals surface area contributed by atoms with Crippen molar-refractivity contribution in [3.8, 4) is 0 Å². The van der Waals surface area contributed by atoms with Crippen molar-refractivity contribution in [1.29, 1.82) is 0 Å². The summed E-state index contributed by atoms with van der Waals surface area (Å²) in [6, 6.07) is 12.1. The molecule has 0 fully saturated rings. The summed E-state index contributed by atoms with van der Waals surface area (Å²) < 4.78 is 0. The quantitative estimate of drug-likeness (QED) is 0.725. The highest BCUT2D eigenvalue weighted by molar-refractivity contribution is 6.33. The Bertz CT molecular complexity index is 819. The molecule has 0 saturated carbocycles. The first-order valence-corrected chi connectivity index (χ1v) is 8.43. The molecule has 0 bridgehead atoms. The van der Waals surface area contributed by atoms with Crippen LogP contribution in [-0.2, 0) is 4.79 Å². The predicted octanol–water partition coefficient (Wildman–Crippen LogP) is 2.83. The van der Waals surface area contributed by atoms with Gasteiger partial charge in [0.2, 0.25) is 11.8 Å². The normalized spacial score (nSPS) is 11.7. The predicted molar refractivity (Wildman–Crippen MR) is 101 cm³/mol. The molecule has 7 heteroatoms. The number of anilines is 1. The first kappa shape index (κ1) is 19.5. The minimum absolute atomic E-state index is 0.147. The SMILES string of the molecule is CC(C)[C@H](NC(=O)c1ccccc1Cl)C(=O)Nc1ccc(C(N)=O)cc1. The third-order valence-corrected chi connectivity index (χ3v) is 4.12. The van der Waals surface area contributed by atoms with Crippen molar-refractivity contribution < 1.29 is 14.4 Å². The van der Waals surface area contributed by atoms with E-state index in [4.69, 9.17) is 17.3 Å². The van der Waals surface area contributed by atoms with Gasteiger partial charge in [-0.2, -0.15) is 0 Å². The van der Waals surface area contributed by atoms with Gasteiger partial charge < -0.3 is 16.4 Å². The first-order valence-electron chi connectivity index (χ1n) is 8.05. The highest BCUT2D eigenvalue weighted by atomic mass is 35.5. The van der Waals surface area contributed by atoms with Crippen molar-refractivity contribution in [2.75, 3.05) is 5.32 Å². The zero-order valence-corrected chi connectivity index (χ0v) is 15.2. The van der Waals surface area contributed by atoms with Crippen LogP contribution < -0.4 is 16.4 Å². The molecule has 0 saturated heterocycles. The molecular weight excluding hydrogens is 354 g/mol. The molecule has 136 valence electrons. The minimum Gasteiger partial charge on any atom is -0.366 e. The Labute approximate surface area is 156 Å². The van der Waals surface area contributed by atoms with Crippen LogP contribution >= 0.6 is 11.6 Å². The summed E-state index contributed by atoms with van der Waals surface area (Å²) in [6.45, 7) is 3.65. The zero-order valence-electron chi connectivity index (χ0n) is 14.5. The van der Waals surface area contributed by atoms with Crippen molar-refractivity contribution in [2.45, 2.75) is 19.9 Å². The largest absolute Gasteiger partial charge is 0.366 e. The molecule has 0 aliphatic heterocycles. The second kappa shape index (κ2) is 8.49. The second-order valence-corrected chi connectivity index (χ2v) is 6.51. The van der Waals surface area contributed by atoms with Gasteiger partial charge in [-0.1, -0.05) is 37.6 Å². The lowest BCUT2D eigenvalue weighted by Crippen LogP contribution is -2.47. The Balaban J connectivity index is 2.11. The maximum absolute atomic E-state index is 12.6. The third-order valence-electron chi connectivity index (χ3n) is 3.79. The number of hydrogen-bond donors (Lipinski definition) is 3. The number of benzene rings is 2. The van der Waals surface area contributed by atoms with E-state index in [0.29, 0.717) is 21.8 Å². The molecule has 0 aliphatic carbocycles. The summed E-state index contributed by atoms with van der Waals surface area (Å²) in [4.78, 5) is 36.1. The Kier molecular flexibility index (Phi) is 6.36. The van der Waals surface area contributed by atoms with Crippen LogP contribution in [0.25, 0.3) is 0 Å². The molecule has 0 aromatic heterocycles. The van der Waals surface area contributed by atoms with E-state index in [1.54, 1.807) is 36.4 Å². The van der Waals surface area contributed by atoms with E-state index in [0.717, 1.165) is 0 Å². The molecule has 2 rings (SSSR count). The number of amides is 3. The number of halogens is 1. The average molecular weight is 374 g/mol. The summed E-state index contributed by atoms with van der Waals surface area (Å²) in [5, 5.41) is 5.75. The smallest absolute Gasteiger partial charge is 0.253 e. The van der Waals surface area contributed by atoms with Gasteiger partial charge in [0, 0.05) is 11.3 Å². The van der Waals surface area contributed by atoms with Gasteiger partial charge in [-0.05, 0) is 42.3 Å². The monoisotopic (exact) mass is 373 g/mol. The Morgan fingerprint density at radius 3 is 2.15 bits per heavy atom. The summed E-state index contributed by atoms with van der Waals surface area (Å²) in [5.41, 5.74) is 6.34. The fourth-order valence-corrected chi connectivity index (χ4v) is 2.56. The second-order valence-electron chi connectivity index (χ2n) is 6.11. The number of rotatable bonds is 6. The van der Waals surface area contributed by atoms with Gasteiger partial charge in [0.25, 0.3) is 5.91 Å². The topological polar surface area (TPSA) is 101 Å². The minimum atomic E-state index is -0.755. The van der Waals surface area contributed by atoms with E-state index < -0.39 is 17.9 Å². The number of nitrogens with one attached hydrogen (secondary N) is 2. The molecule has 0 aliphatic rings. The maximum atomic E-state index is 12.6. The number of hydrogen-bond acceptors (Lipinski definition) is 3. The van der Waals surface area contributed by atoms with E-state index in [9.17, 15) is 14.4 Å². The number of nitrogens with two attached hydrogens (primary N) is 1. The molecule has 2 aromatic carbocycles. The lowest BCUT2D eigenvalue weighted by Gasteiger charge is -2.22. The van der Waals surface area contributed by atoms with Crippen LogP contribution in [0.3, 0.4) is 0 Å². The Morgan fingerprint density at radius 1 is 1.00 bits per heavy atom. The van der Waals surface area contributed by atoms with E-state index >= 15 is 0 Å². The van der Waals surface area contributed by atoms with Crippen LogP contribution in [0.5, 0.6) is 0 Å². The van der Waals surface area contributed by atoms with Crippen LogP contribution in [-0.4, -0.2) is 23.8 Å². The average Bonchev–Trinajstić information content (AvgIpc) is 2.59. The zero-order chi connectivity index (χ0) is 19.3. The molecule has 0 spiro atoms. The highest BCUT2D eigenvalue weighted by Crippen LogP contribution is 2.16. The molecule has 3 amide bonds. The maximum Gasteiger partial charge on any atom is 0.253 e. The van der Waals surface area contributed by atoms with E-state index in [1.807, 2.05) is 13.8 Å². The third kappa shape index (κ3) is 4.83. The van der Waals surface area contributed by atoms with Crippen LogP contribution in [0.2, 0.25) is 5.02 Å². The molecule has 2 aromatic rings. The Hall–Kier alpha value is -2.86. The van der Waals surface area contributed by atoms with Crippen LogP contribution in [0.1, 0.15) is 34.6 Å². The highest BCUT2D eigenvalue weighted by Gasteiger charge is 2.25. The molecule has 4 N–H and O–H groups in total. The Morgan fingerprint density at radius 2 is 1.62 bits per heavy atom. The number of primary amides is 1. The molecule has 0 heterocycles. The van der Waals surface area contributed by atoms with Gasteiger partial charge in [-0.15, -0.1) is 0 Å². The molecule has 0 unspecified atom stereocenters. The molecule has 26 heavy (non-hydrogen) atoms. The molecule has 6 nitrogen and oxygen atoms in total. The number of carbonyl (C=O) groups excluding carboxylic acids is 3. The van der Waals surface area contributed by atoms with E-state index in [1.165, 1.54) is 12.1 Å². The standard InChI is InChI=1S/C19H20ClN3O3/c1-11(2)16(23-18(25)14-5-3-4-6-15(14)20)19(26)22-13-9-7-12(8-10-13)17(21)24/h3-11,16H,1-2H3,(H2,21,24)(H,22,26)(H,23,25)/t16-/m0/s1. The van der Waals surface area contributed by atoms with E-state index in [-0.39, 0.29) is 11.8 Å². The lowest BCUT2D eigenvalue weighted by molar-refractivity contribution is -0.118. The van der Waals surface area contributed by atoms with Crippen molar-refractivity contribution >= 4 is 35.0 Å². The number of carbonyl (C=O) groups is 3. The van der Waals surface area contributed by atoms with Crippen molar-refractivity contribution in [3.05, 3.63) is 64.7 Å². The van der Waals surface area contributed by atoms with E-state index in [2.05, 4.69) is 10.6 Å². The summed E-state index contributed by atoms with van der Waals surface area (Å²) >= 11 is 6.03. The summed E-state index contributed by atoms with van der Waals surface area (Å²) in [5.74, 6) is -1.48. The summed E-state index contributed by atoms with van der Waals surface area (Å²) in [7, 11) is 0. The molecule has 0 radical (unpaired) electrons. The van der Waals surface area contributed by atoms with Crippen molar-refractivity contribution in [1.82, 2.24) is 5.32 Å². The fraction of sp³-hybridized carbons (Fsp3) is 0.211. The van der Waals surface area contributed by atoms with Gasteiger partial charge in [0.15, 0.2) is 0 Å². The van der Waals surface area contributed by atoms with Gasteiger partial charge >= 0.3 is 0 Å². The van der Waals surface area contributed by atoms with Crippen molar-refractivity contribution in [3.63, 3.8) is 0 Å². The summed E-state index contributed by atoms with van der Waals surface area (Å²) in [6.07, 6.45) is 0. The van der Waals surface area contributed by atoms with Crippen LogP contribution in [0, 0.1) is 5.92 Å². The van der Waals surface area contributed by atoms with Crippen LogP contribution in [0.15, 0.2) is 48.5 Å². The molecular formula is C19H20ClN3O3. The van der Waals surface area contributed by atoms with Gasteiger partial charge in [0.05, 0.1) is 10.6 Å². The van der Waals surface area contributed by atoms with Gasteiger partial charge in [-0.25, -0.2) is 0 Å². The van der Waals surface area contributed by atoms with Crippen molar-refractivity contribution in [2.24, 2.45) is 11.7 Å². The molecule has 1 atom stereocenters. The van der Waals surface area contributed by atoms with Gasteiger partial charge in [0.1, 0.15) is 6.04 Å². The van der Waals surface area contributed by atoms with Crippen LogP contribution in [0.4, 0.5) is 5.69 Å². The lowest BCUT2D eigenvalue weighted by atomic mass is 10.0.